The second kappa shape index (κ2) is 4.66. The van der Waals surface area contributed by atoms with E-state index in [0.29, 0.717) is 13.2 Å². The molecule has 1 heterocycles. The fourth-order valence-corrected chi connectivity index (χ4v) is 1.98. The van der Waals surface area contributed by atoms with Crippen LogP contribution in [0.4, 0.5) is 5.69 Å². The molecule has 0 aliphatic carbocycles. The van der Waals surface area contributed by atoms with E-state index in [9.17, 15) is 4.79 Å². The third kappa shape index (κ3) is 2.25. The molecule has 1 N–H and O–H groups in total. The van der Waals surface area contributed by atoms with Gasteiger partial charge < -0.3 is 10.1 Å². The Labute approximate surface area is 95.8 Å². The van der Waals surface area contributed by atoms with E-state index in [4.69, 9.17) is 4.74 Å². The lowest BCUT2D eigenvalue weighted by atomic mass is 10.1. The fourth-order valence-electron chi connectivity index (χ4n) is 1.98. The monoisotopic (exact) mass is 219 g/mol. The van der Waals surface area contributed by atoms with Gasteiger partial charge in [0.25, 0.3) is 0 Å². The van der Waals surface area contributed by atoms with Gasteiger partial charge in [0, 0.05) is 12.3 Å². The minimum absolute atomic E-state index is 0.0130. The lowest BCUT2D eigenvalue weighted by Crippen LogP contribution is -2.23. The maximum Gasteiger partial charge on any atom is 0.229 e. The van der Waals surface area contributed by atoms with Crippen LogP contribution in [0.3, 0.4) is 0 Å². The molecule has 1 saturated heterocycles. The first-order valence-corrected chi connectivity index (χ1v) is 5.63. The van der Waals surface area contributed by atoms with E-state index in [0.717, 1.165) is 23.2 Å². The second-order valence-electron chi connectivity index (χ2n) is 4.32. The normalized spacial score (nSPS) is 19.8. The minimum Gasteiger partial charge on any atom is -0.381 e. The summed E-state index contributed by atoms with van der Waals surface area (Å²) in [5.41, 5.74) is 3.15. The molecule has 1 aromatic rings. The Hall–Kier alpha value is -1.35. The Bertz CT molecular complexity index is 375. The molecule has 3 nitrogen and oxygen atoms in total. The standard InChI is InChI=1S/C13H17NO2/c1-9-4-3-5-10(2)12(9)14-13(15)11-6-7-16-8-11/h3-5,11H,6-8H2,1-2H3,(H,14,15). The van der Waals surface area contributed by atoms with Crippen molar-refractivity contribution in [2.75, 3.05) is 18.5 Å². The highest BCUT2D eigenvalue weighted by molar-refractivity contribution is 5.94. The summed E-state index contributed by atoms with van der Waals surface area (Å²) in [6.07, 6.45) is 0.830. The van der Waals surface area contributed by atoms with Gasteiger partial charge in [-0.25, -0.2) is 0 Å². The van der Waals surface area contributed by atoms with Gasteiger partial charge in [-0.05, 0) is 31.4 Å². The molecule has 3 heteroatoms. The molecule has 1 unspecified atom stereocenters. The summed E-state index contributed by atoms with van der Waals surface area (Å²) in [6.45, 7) is 5.27. The smallest absolute Gasteiger partial charge is 0.229 e. The predicted molar refractivity (Wildman–Crippen MR) is 63.5 cm³/mol. The zero-order chi connectivity index (χ0) is 11.5. The largest absolute Gasteiger partial charge is 0.381 e. The molecule has 0 aromatic heterocycles. The van der Waals surface area contributed by atoms with Gasteiger partial charge in [0.15, 0.2) is 0 Å². The van der Waals surface area contributed by atoms with Crippen LogP contribution in [0.2, 0.25) is 0 Å². The first kappa shape index (κ1) is 11.1. The van der Waals surface area contributed by atoms with E-state index in [1.54, 1.807) is 0 Å². The predicted octanol–water partition coefficient (Wildman–Crippen LogP) is 2.28. The molecule has 86 valence electrons. The quantitative estimate of drug-likeness (QED) is 0.828. The number of carbonyl (C=O) groups is 1. The van der Waals surface area contributed by atoms with Crippen molar-refractivity contribution < 1.29 is 9.53 Å². The number of hydrogen-bond donors (Lipinski definition) is 1. The number of amides is 1. The van der Waals surface area contributed by atoms with E-state index < -0.39 is 0 Å². The van der Waals surface area contributed by atoms with Crippen molar-refractivity contribution in [3.63, 3.8) is 0 Å². The van der Waals surface area contributed by atoms with Crippen LogP contribution in [0.25, 0.3) is 0 Å². The zero-order valence-corrected chi connectivity index (χ0v) is 9.75. The van der Waals surface area contributed by atoms with Gasteiger partial charge in [-0.2, -0.15) is 0 Å². The van der Waals surface area contributed by atoms with Crippen LogP contribution in [-0.4, -0.2) is 19.1 Å². The van der Waals surface area contributed by atoms with Crippen LogP contribution in [0.1, 0.15) is 17.5 Å². The van der Waals surface area contributed by atoms with Gasteiger partial charge >= 0.3 is 0 Å². The molecule has 2 rings (SSSR count). The molecular weight excluding hydrogens is 202 g/mol. The Balaban J connectivity index is 2.11. The number of benzene rings is 1. The van der Waals surface area contributed by atoms with Gasteiger partial charge in [-0.15, -0.1) is 0 Å². The molecule has 1 aliphatic rings. The summed E-state index contributed by atoms with van der Waals surface area (Å²) in [6, 6.07) is 6.01. The third-order valence-corrected chi connectivity index (χ3v) is 3.03. The summed E-state index contributed by atoms with van der Waals surface area (Å²) in [7, 11) is 0. The van der Waals surface area contributed by atoms with Crippen molar-refractivity contribution in [3.05, 3.63) is 29.3 Å². The molecule has 1 fully saturated rings. The summed E-state index contributed by atoms with van der Waals surface area (Å²) in [5.74, 6) is 0.0916. The first-order chi connectivity index (χ1) is 7.68. The van der Waals surface area contributed by atoms with Crippen molar-refractivity contribution in [2.45, 2.75) is 20.3 Å². The van der Waals surface area contributed by atoms with Crippen LogP contribution in [0.5, 0.6) is 0 Å². The highest BCUT2D eigenvalue weighted by Crippen LogP contribution is 2.22. The molecule has 1 atom stereocenters. The van der Waals surface area contributed by atoms with Crippen molar-refractivity contribution in [1.29, 1.82) is 0 Å². The lowest BCUT2D eigenvalue weighted by Gasteiger charge is -2.13. The molecule has 0 radical (unpaired) electrons. The van der Waals surface area contributed by atoms with Crippen molar-refractivity contribution >= 4 is 11.6 Å². The molecular formula is C13H17NO2. The minimum atomic E-state index is 0.0130. The third-order valence-electron chi connectivity index (χ3n) is 3.03. The van der Waals surface area contributed by atoms with Crippen molar-refractivity contribution in [3.8, 4) is 0 Å². The van der Waals surface area contributed by atoms with E-state index >= 15 is 0 Å². The number of nitrogens with one attached hydrogen (secondary N) is 1. The van der Waals surface area contributed by atoms with E-state index in [1.165, 1.54) is 0 Å². The number of aryl methyl sites for hydroxylation is 2. The highest BCUT2D eigenvalue weighted by atomic mass is 16.5. The van der Waals surface area contributed by atoms with Crippen LogP contribution >= 0.6 is 0 Å². The number of rotatable bonds is 2. The highest BCUT2D eigenvalue weighted by Gasteiger charge is 2.24. The van der Waals surface area contributed by atoms with Crippen LogP contribution in [-0.2, 0) is 9.53 Å². The van der Waals surface area contributed by atoms with Crippen LogP contribution in [0, 0.1) is 19.8 Å². The Morgan fingerprint density at radius 2 is 2.06 bits per heavy atom. The molecule has 0 saturated carbocycles. The van der Waals surface area contributed by atoms with Crippen LogP contribution < -0.4 is 5.32 Å². The fraction of sp³-hybridized carbons (Fsp3) is 0.462. The summed E-state index contributed by atoms with van der Waals surface area (Å²) < 4.78 is 5.22. The Morgan fingerprint density at radius 3 is 2.62 bits per heavy atom. The molecule has 0 bridgehead atoms. The Morgan fingerprint density at radius 1 is 1.38 bits per heavy atom. The number of carbonyl (C=O) groups excluding carboxylic acids is 1. The van der Waals surface area contributed by atoms with Gasteiger partial charge in [0.05, 0.1) is 12.5 Å². The molecule has 1 aromatic carbocycles. The molecule has 16 heavy (non-hydrogen) atoms. The van der Waals surface area contributed by atoms with Gasteiger partial charge in [0.1, 0.15) is 0 Å². The van der Waals surface area contributed by atoms with Gasteiger partial charge in [-0.3, -0.25) is 4.79 Å². The maximum absolute atomic E-state index is 11.9. The Kier molecular flexibility index (Phi) is 3.25. The topological polar surface area (TPSA) is 38.3 Å². The van der Waals surface area contributed by atoms with E-state index in [1.807, 2.05) is 32.0 Å². The summed E-state index contributed by atoms with van der Waals surface area (Å²) in [5, 5.41) is 3.00. The van der Waals surface area contributed by atoms with E-state index in [-0.39, 0.29) is 11.8 Å². The zero-order valence-electron chi connectivity index (χ0n) is 9.75. The second-order valence-corrected chi connectivity index (χ2v) is 4.32. The van der Waals surface area contributed by atoms with Gasteiger partial charge in [-0.1, -0.05) is 18.2 Å². The first-order valence-electron chi connectivity index (χ1n) is 5.63. The van der Waals surface area contributed by atoms with E-state index in [2.05, 4.69) is 5.32 Å². The average molecular weight is 219 g/mol. The number of para-hydroxylation sites is 1. The number of ether oxygens (including phenoxy) is 1. The average Bonchev–Trinajstić information content (AvgIpc) is 2.76. The van der Waals surface area contributed by atoms with Crippen molar-refractivity contribution in [2.24, 2.45) is 5.92 Å². The maximum atomic E-state index is 11.9. The SMILES string of the molecule is Cc1cccc(C)c1NC(=O)C1CCOC1. The summed E-state index contributed by atoms with van der Waals surface area (Å²) >= 11 is 0. The molecule has 0 spiro atoms. The molecule has 1 amide bonds. The molecule has 1 aliphatic heterocycles. The van der Waals surface area contributed by atoms with Crippen LogP contribution in [0.15, 0.2) is 18.2 Å². The number of hydrogen-bond acceptors (Lipinski definition) is 2. The summed E-state index contributed by atoms with van der Waals surface area (Å²) in [4.78, 5) is 11.9. The lowest BCUT2D eigenvalue weighted by molar-refractivity contribution is -0.119. The van der Waals surface area contributed by atoms with Crippen molar-refractivity contribution in [1.82, 2.24) is 0 Å². The number of anilines is 1. The van der Waals surface area contributed by atoms with Gasteiger partial charge in [0.2, 0.25) is 5.91 Å².